The van der Waals surface area contributed by atoms with E-state index in [0.717, 1.165) is 16.9 Å². The SMILES string of the molecule is N[C@@H](Cc1ccc(OCc2ccc3ccccc3c2)cc1)C(=O)NO. The second kappa shape index (κ2) is 7.79. The van der Waals surface area contributed by atoms with Crippen LogP contribution in [0.4, 0.5) is 0 Å². The number of ether oxygens (including phenoxy) is 1. The van der Waals surface area contributed by atoms with E-state index < -0.39 is 11.9 Å². The highest BCUT2D eigenvalue weighted by Crippen LogP contribution is 2.18. The molecule has 0 saturated heterocycles. The summed E-state index contributed by atoms with van der Waals surface area (Å²) in [4.78, 5) is 11.2. The van der Waals surface area contributed by atoms with Crippen LogP contribution in [0.25, 0.3) is 10.8 Å². The van der Waals surface area contributed by atoms with Crippen molar-refractivity contribution in [2.75, 3.05) is 0 Å². The number of hydroxylamine groups is 1. The molecule has 4 N–H and O–H groups in total. The molecule has 0 bridgehead atoms. The van der Waals surface area contributed by atoms with E-state index in [1.807, 2.05) is 36.4 Å². The van der Waals surface area contributed by atoms with Gasteiger partial charge in [-0.25, -0.2) is 5.48 Å². The van der Waals surface area contributed by atoms with Crippen molar-refractivity contribution in [2.24, 2.45) is 5.73 Å². The molecule has 0 spiro atoms. The van der Waals surface area contributed by atoms with Crippen LogP contribution >= 0.6 is 0 Å². The smallest absolute Gasteiger partial charge is 0.260 e. The van der Waals surface area contributed by atoms with Crippen LogP contribution in [0, 0.1) is 0 Å². The summed E-state index contributed by atoms with van der Waals surface area (Å²) in [5.74, 6) is 0.147. The molecule has 128 valence electrons. The summed E-state index contributed by atoms with van der Waals surface area (Å²) in [5, 5.41) is 11.0. The van der Waals surface area contributed by atoms with E-state index in [-0.39, 0.29) is 0 Å². The highest BCUT2D eigenvalue weighted by Gasteiger charge is 2.12. The fourth-order valence-corrected chi connectivity index (χ4v) is 2.65. The Morgan fingerprint density at radius 3 is 2.40 bits per heavy atom. The monoisotopic (exact) mass is 336 g/mol. The molecule has 0 radical (unpaired) electrons. The van der Waals surface area contributed by atoms with Crippen LogP contribution in [-0.2, 0) is 17.8 Å². The molecule has 0 unspecified atom stereocenters. The minimum absolute atomic E-state index is 0.345. The third-order valence-electron chi connectivity index (χ3n) is 4.05. The van der Waals surface area contributed by atoms with Crippen LogP contribution in [0.2, 0.25) is 0 Å². The third-order valence-corrected chi connectivity index (χ3v) is 4.05. The van der Waals surface area contributed by atoms with Crippen molar-refractivity contribution in [1.29, 1.82) is 0 Å². The van der Waals surface area contributed by atoms with Gasteiger partial charge in [-0.1, -0.05) is 48.5 Å². The Morgan fingerprint density at radius 1 is 1.00 bits per heavy atom. The molecule has 3 aromatic carbocycles. The fraction of sp³-hybridized carbons (Fsp3) is 0.150. The minimum Gasteiger partial charge on any atom is -0.489 e. The largest absolute Gasteiger partial charge is 0.489 e. The fourth-order valence-electron chi connectivity index (χ4n) is 2.65. The maximum Gasteiger partial charge on any atom is 0.260 e. The van der Waals surface area contributed by atoms with Crippen LogP contribution in [0.1, 0.15) is 11.1 Å². The summed E-state index contributed by atoms with van der Waals surface area (Å²) in [6.07, 6.45) is 0.345. The first-order valence-electron chi connectivity index (χ1n) is 8.04. The zero-order valence-electron chi connectivity index (χ0n) is 13.7. The number of benzene rings is 3. The first-order chi connectivity index (χ1) is 12.2. The van der Waals surface area contributed by atoms with Crippen molar-refractivity contribution < 1.29 is 14.7 Å². The summed E-state index contributed by atoms with van der Waals surface area (Å²) >= 11 is 0. The molecule has 0 saturated carbocycles. The van der Waals surface area contributed by atoms with Gasteiger partial charge in [-0.2, -0.15) is 0 Å². The van der Waals surface area contributed by atoms with E-state index in [1.165, 1.54) is 10.8 Å². The lowest BCUT2D eigenvalue weighted by molar-refractivity contribution is -0.130. The van der Waals surface area contributed by atoms with E-state index >= 15 is 0 Å². The normalized spacial score (nSPS) is 11.9. The van der Waals surface area contributed by atoms with Crippen LogP contribution < -0.4 is 16.0 Å². The highest BCUT2D eigenvalue weighted by atomic mass is 16.5. The number of nitrogens with one attached hydrogen (secondary N) is 1. The average Bonchev–Trinajstić information content (AvgIpc) is 2.66. The molecule has 0 fully saturated rings. The number of fused-ring (bicyclic) bond motifs is 1. The zero-order chi connectivity index (χ0) is 17.6. The van der Waals surface area contributed by atoms with Crippen LogP contribution in [0.15, 0.2) is 66.7 Å². The number of rotatable bonds is 6. The molecule has 25 heavy (non-hydrogen) atoms. The summed E-state index contributed by atoms with van der Waals surface area (Å²) in [5.41, 5.74) is 9.23. The summed E-state index contributed by atoms with van der Waals surface area (Å²) in [6.45, 7) is 0.483. The minimum atomic E-state index is -0.783. The van der Waals surface area contributed by atoms with Gasteiger partial charge in [0.25, 0.3) is 5.91 Å². The molecule has 0 aliphatic carbocycles. The second-order valence-electron chi connectivity index (χ2n) is 5.90. The molecule has 0 aromatic heterocycles. The maximum atomic E-state index is 11.2. The quantitative estimate of drug-likeness (QED) is 0.477. The average molecular weight is 336 g/mol. The lowest BCUT2D eigenvalue weighted by Crippen LogP contribution is -2.40. The predicted octanol–water partition coefficient (Wildman–Crippen LogP) is 2.79. The summed E-state index contributed by atoms with van der Waals surface area (Å²) in [6, 6.07) is 21.1. The number of hydrogen-bond acceptors (Lipinski definition) is 4. The van der Waals surface area contributed by atoms with Crippen molar-refractivity contribution in [3.05, 3.63) is 77.9 Å². The Hall–Kier alpha value is -2.89. The van der Waals surface area contributed by atoms with Gasteiger partial charge in [-0.3, -0.25) is 10.0 Å². The van der Waals surface area contributed by atoms with Crippen molar-refractivity contribution in [1.82, 2.24) is 5.48 Å². The molecule has 1 atom stereocenters. The van der Waals surface area contributed by atoms with E-state index in [4.69, 9.17) is 15.7 Å². The second-order valence-corrected chi connectivity index (χ2v) is 5.90. The van der Waals surface area contributed by atoms with Crippen LogP contribution in [0.3, 0.4) is 0 Å². The molecule has 5 nitrogen and oxygen atoms in total. The van der Waals surface area contributed by atoms with Crippen molar-refractivity contribution in [3.63, 3.8) is 0 Å². The Balaban J connectivity index is 1.60. The van der Waals surface area contributed by atoms with Crippen LogP contribution in [0.5, 0.6) is 5.75 Å². The van der Waals surface area contributed by atoms with Gasteiger partial charge in [0.05, 0.1) is 6.04 Å². The van der Waals surface area contributed by atoms with Crippen molar-refractivity contribution >= 4 is 16.7 Å². The summed E-state index contributed by atoms with van der Waals surface area (Å²) < 4.78 is 5.82. The van der Waals surface area contributed by atoms with E-state index in [0.29, 0.717) is 13.0 Å². The number of hydrogen-bond donors (Lipinski definition) is 3. The lowest BCUT2D eigenvalue weighted by Gasteiger charge is -2.11. The van der Waals surface area contributed by atoms with E-state index in [2.05, 4.69) is 30.3 Å². The first-order valence-corrected chi connectivity index (χ1v) is 8.04. The zero-order valence-corrected chi connectivity index (χ0v) is 13.7. The Bertz CT molecular complexity index is 862. The number of carbonyl (C=O) groups is 1. The van der Waals surface area contributed by atoms with Crippen molar-refractivity contribution in [3.8, 4) is 5.75 Å². The highest BCUT2D eigenvalue weighted by molar-refractivity contribution is 5.83. The topological polar surface area (TPSA) is 84.6 Å². The molecule has 0 aliphatic rings. The van der Waals surface area contributed by atoms with Crippen molar-refractivity contribution in [2.45, 2.75) is 19.1 Å². The van der Waals surface area contributed by atoms with Gasteiger partial charge >= 0.3 is 0 Å². The van der Waals surface area contributed by atoms with Gasteiger partial charge in [0.15, 0.2) is 0 Å². The number of nitrogens with two attached hydrogens (primary N) is 1. The molecule has 3 rings (SSSR count). The molecule has 5 heteroatoms. The van der Waals surface area contributed by atoms with Gasteiger partial charge in [0.2, 0.25) is 0 Å². The van der Waals surface area contributed by atoms with E-state index in [9.17, 15) is 4.79 Å². The molecule has 3 aromatic rings. The molecule has 0 aliphatic heterocycles. The van der Waals surface area contributed by atoms with Gasteiger partial charge in [-0.05, 0) is 46.5 Å². The number of carbonyl (C=O) groups excluding carboxylic acids is 1. The Kier molecular flexibility index (Phi) is 5.28. The standard InChI is InChI=1S/C20H20N2O3/c21-19(20(23)22-24)12-14-6-9-18(10-7-14)25-13-15-5-8-16-3-1-2-4-17(16)11-15/h1-11,19,24H,12-13,21H2,(H,22,23)/t19-/m0/s1. The predicted molar refractivity (Wildman–Crippen MR) is 96.3 cm³/mol. The molecular formula is C20H20N2O3. The Morgan fingerprint density at radius 2 is 1.68 bits per heavy atom. The lowest BCUT2D eigenvalue weighted by atomic mass is 10.1. The van der Waals surface area contributed by atoms with Gasteiger partial charge in [0.1, 0.15) is 12.4 Å². The van der Waals surface area contributed by atoms with Crippen LogP contribution in [-0.4, -0.2) is 17.2 Å². The van der Waals surface area contributed by atoms with Gasteiger partial charge < -0.3 is 10.5 Å². The Labute approximate surface area is 146 Å². The molecule has 0 heterocycles. The summed E-state index contributed by atoms with van der Waals surface area (Å²) in [7, 11) is 0. The van der Waals surface area contributed by atoms with Gasteiger partial charge in [-0.15, -0.1) is 0 Å². The first kappa shape index (κ1) is 17.0. The van der Waals surface area contributed by atoms with Gasteiger partial charge in [0, 0.05) is 0 Å². The molecule has 1 amide bonds. The number of amides is 1. The molecular weight excluding hydrogens is 316 g/mol. The third kappa shape index (κ3) is 4.35. The maximum absolute atomic E-state index is 11.2. The van der Waals surface area contributed by atoms with E-state index in [1.54, 1.807) is 5.48 Å².